The van der Waals surface area contributed by atoms with Crippen LogP contribution in [0.15, 0.2) is 0 Å². The number of hydrogen-bond donors (Lipinski definition) is 1. The third-order valence-corrected chi connectivity index (χ3v) is 5.03. The summed E-state index contributed by atoms with van der Waals surface area (Å²) >= 11 is 0. The lowest BCUT2D eigenvalue weighted by Gasteiger charge is -2.38. The van der Waals surface area contributed by atoms with Crippen LogP contribution in [-0.4, -0.2) is 79.0 Å². The summed E-state index contributed by atoms with van der Waals surface area (Å²) in [7, 11) is 1.98. The summed E-state index contributed by atoms with van der Waals surface area (Å²) in [4.78, 5) is 19.2. The van der Waals surface area contributed by atoms with Crippen LogP contribution in [0, 0.1) is 0 Å². The predicted molar refractivity (Wildman–Crippen MR) is 86.2 cm³/mol. The average molecular weight is 296 g/mol. The Morgan fingerprint density at radius 3 is 2.24 bits per heavy atom. The van der Waals surface area contributed by atoms with Gasteiger partial charge in [0.1, 0.15) is 0 Å². The van der Waals surface area contributed by atoms with Gasteiger partial charge in [-0.1, -0.05) is 6.92 Å². The van der Waals surface area contributed by atoms with Gasteiger partial charge in [0.2, 0.25) is 5.91 Å². The lowest BCUT2D eigenvalue weighted by atomic mass is 10.0. The molecule has 2 aliphatic heterocycles. The highest BCUT2D eigenvalue weighted by molar-refractivity contribution is 5.78. The van der Waals surface area contributed by atoms with Crippen molar-refractivity contribution in [1.29, 1.82) is 0 Å². The first-order valence-corrected chi connectivity index (χ1v) is 8.56. The molecule has 2 fully saturated rings. The largest absolute Gasteiger partial charge is 0.342 e. The monoisotopic (exact) mass is 296 g/mol. The van der Waals surface area contributed by atoms with Crippen molar-refractivity contribution < 1.29 is 4.79 Å². The van der Waals surface area contributed by atoms with Gasteiger partial charge in [-0.2, -0.15) is 0 Å². The van der Waals surface area contributed by atoms with E-state index in [9.17, 15) is 4.79 Å². The topological polar surface area (TPSA) is 52.8 Å². The first kappa shape index (κ1) is 16.7. The van der Waals surface area contributed by atoms with Crippen LogP contribution in [-0.2, 0) is 4.79 Å². The van der Waals surface area contributed by atoms with Crippen LogP contribution in [0.2, 0.25) is 0 Å². The van der Waals surface area contributed by atoms with Gasteiger partial charge in [0, 0.05) is 45.3 Å². The van der Waals surface area contributed by atoms with Crippen LogP contribution >= 0.6 is 0 Å². The number of hydrogen-bond acceptors (Lipinski definition) is 4. The molecule has 5 nitrogen and oxygen atoms in total. The molecule has 0 bridgehead atoms. The molecule has 5 heteroatoms. The van der Waals surface area contributed by atoms with Crippen LogP contribution in [0.4, 0.5) is 0 Å². The van der Waals surface area contributed by atoms with Crippen molar-refractivity contribution in [3.05, 3.63) is 0 Å². The van der Waals surface area contributed by atoms with Crippen LogP contribution in [0.1, 0.15) is 39.0 Å². The summed E-state index contributed by atoms with van der Waals surface area (Å²) < 4.78 is 0. The second kappa shape index (κ2) is 8.11. The molecule has 122 valence electrons. The molecule has 1 amide bonds. The van der Waals surface area contributed by atoms with Crippen molar-refractivity contribution in [2.24, 2.45) is 5.73 Å². The van der Waals surface area contributed by atoms with Crippen molar-refractivity contribution in [3.63, 3.8) is 0 Å². The van der Waals surface area contributed by atoms with E-state index >= 15 is 0 Å². The highest BCUT2D eigenvalue weighted by Crippen LogP contribution is 2.16. The van der Waals surface area contributed by atoms with Gasteiger partial charge in [0.05, 0.1) is 6.54 Å². The quantitative estimate of drug-likeness (QED) is 0.813. The van der Waals surface area contributed by atoms with Crippen molar-refractivity contribution >= 4 is 5.91 Å². The molecular formula is C16H32N4O. The molecule has 0 atom stereocenters. The van der Waals surface area contributed by atoms with Gasteiger partial charge >= 0.3 is 0 Å². The summed E-state index contributed by atoms with van der Waals surface area (Å²) in [5.41, 5.74) is 5.92. The lowest BCUT2D eigenvalue weighted by molar-refractivity contribution is -0.134. The summed E-state index contributed by atoms with van der Waals surface area (Å²) in [6.45, 7) is 8.19. The van der Waals surface area contributed by atoms with Gasteiger partial charge < -0.3 is 15.5 Å². The zero-order valence-corrected chi connectivity index (χ0v) is 13.8. The van der Waals surface area contributed by atoms with E-state index in [1.807, 2.05) is 11.9 Å². The summed E-state index contributed by atoms with van der Waals surface area (Å²) in [6, 6.07) is 0.759. The smallest absolute Gasteiger partial charge is 0.236 e. The number of nitrogens with two attached hydrogens (primary N) is 1. The fourth-order valence-corrected chi connectivity index (χ4v) is 3.46. The maximum atomic E-state index is 12.4. The Bertz CT molecular complexity index is 320. The minimum Gasteiger partial charge on any atom is -0.342 e. The molecule has 0 aromatic carbocycles. The Labute approximate surface area is 129 Å². The van der Waals surface area contributed by atoms with Crippen molar-refractivity contribution in [3.8, 4) is 0 Å². The molecule has 2 N–H and O–H groups in total. The molecule has 0 aromatic rings. The van der Waals surface area contributed by atoms with Crippen LogP contribution in [0.25, 0.3) is 0 Å². The van der Waals surface area contributed by atoms with Crippen molar-refractivity contribution in [1.82, 2.24) is 14.7 Å². The van der Waals surface area contributed by atoms with Crippen LogP contribution in [0.5, 0.6) is 0 Å². The number of carbonyl (C=O) groups excluding carboxylic acids is 1. The van der Waals surface area contributed by atoms with Crippen LogP contribution in [0.3, 0.4) is 0 Å². The zero-order valence-electron chi connectivity index (χ0n) is 13.8. The normalized spacial score (nSPS) is 23.4. The molecule has 2 heterocycles. The van der Waals surface area contributed by atoms with Crippen molar-refractivity contribution in [2.45, 2.75) is 51.1 Å². The minimum atomic E-state index is 0.277. The van der Waals surface area contributed by atoms with E-state index in [1.165, 1.54) is 13.0 Å². The van der Waals surface area contributed by atoms with E-state index < -0.39 is 0 Å². The van der Waals surface area contributed by atoms with Gasteiger partial charge in [0.25, 0.3) is 0 Å². The van der Waals surface area contributed by atoms with Gasteiger partial charge in [-0.05, 0) is 38.6 Å². The molecule has 2 aliphatic rings. The molecule has 0 spiro atoms. The molecule has 2 saturated heterocycles. The first-order valence-electron chi connectivity index (χ1n) is 8.56. The Kier molecular flexibility index (Phi) is 6.45. The number of likely N-dealkylation sites (N-methyl/N-ethyl adjacent to an activating group) is 1. The predicted octanol–water partition coefficient (Wildman–Crippen LogP) is 0.742. The number of nitrogens with zero attached hydrogens (tertiary/aromatic N) is 3. The molecular weight excluding hydrogens is 264 g/mol. The highest BCUT2D eigenvalue weighted by Gasteiger charge is 2.26. The molecule has 0 radical (unpaired) electrons. The number of carbonyl (C=O) groups is 1. The summed E-state index contributed by atoms with van der Waals surface area (Å²) in [5, 5.41) is 0. The van der Waals surface area contributed by atoms with E-state index in [-0.39, 0.29) is 5.91 Å². The summed E-state index contributed by atoms with van der Waals surface area (Å²) in [5.74, 6) is 0.277. The molecule has 0 aromatic heterocycles. The molecule has 0 saturated carbocycles. The van der Waals surface area contributed by atoms with Crippen LogP contribution < -0.4 is 5.73 Å². The third kappa shape index (κ3) is 4.94. The van der Waals surface area contributed by atoms with Gasteiger partial charge in [0.15, 0.2) is 0 Å². The first-order chi connectivity index (χ1) is 10.1. The van der Waals surface area contributed by atoms with Crippen molar-refractivity contribution in [2.75, 3.05) is 46.3 Å². The average Bonchev–Trinajstić information content (AvgIpc) is 2.50. The van der Waals surface area contributed by atoms with E-state index in [2.05, 4.69) is 16.7 Å². The van der Waals surface area contributed by atoms with E-state index in [0.29, 0.717) is 18.6 Å². The number of piperidine rings is 2. The Morgan fingerprint density at radius 1 is 1.10 bits per heavy atom. The van der Waals surface area contributed by atoms with Gasteiger partial charge in [-0.15, -0.1) is 0 Å². The zero-order chi connectivity index (χ0) is 15.2. The standard InChI is InChI=1S/C16H32N4O/c1-3-8-19-11-6-15(7-12-19)18(2)16(21)13-20-9-4-14(17)5-10-20/h14-15H,3-13,17H2,1-2H3. The lowest BCUT2D eigenvalue weighted by Crippen LogP contribution is -2.50. The SMILES string of the molecule is CCCN1CCC(N(C)C(=O)CN2CCC(N)CC2)CC1. The molecule has 2 rings (SSSR count). The number of amides is 1. The molecule has 0 unspecified atom stereocenters. The highest BCUT2D eigenvalue weighted by atomic mass is 16.2. The minimum absolute atomic E-state index is 0.277. The maximum absolute atomic E-state index is 12.4. The summed E-state index contributed by atoms with van der Waals surface area (Å²) in [6.07, 6.45) is 5.50. The molecule has 0 aliphatic carbocycles. The third-order valence-electron chi connectivity index (χ3n) is 5.03. The van der Waals surface area contributed by atoms with E-state index in [1.54, 1.807) is 0 Å². The molecule has 21 heavy (non-hydrogen) atoms. The second-order valence-corrected chi connectivity index (χ2v) is 6.69. The maximum Gasteiger partial charge on any atom is 0.236 e. The Balaban J connectivity index is 1.72. The Morgan fingerprint density at radius 2 is 1.67 bits per heavy atom. The second-order valence-electron chi connectivity index (χ2n) is 6.69. The van der Waals surface area contributed by atoms with E-state index in [0.717, 1.165) is 51.9 Å². The van der Waals surface area contributed by atoms with Gasteiger partial charge in [-0.3, -0.25) is 9.69 Å². The van der Waals surface area contributed by atoms with Gasteiger partial charge in [-0.25, -0.2) is 0 Å². The van der Waals surface area contributed by atoms with E-state index in [4.69, 9.17) is 5.73 Å². The Hall–Kier alpha value is -0.650. The fourth-order valence-electron chi connectivity index (χ4n) is 3.46. The number of rotatable bonds is 5. The fraction of sp³-hybridized carbons (Fsp3) is 0.938. The number of likely N-dealkylation sites (tertiary alicyclic amines) is 2.